The number of rotatable bonds is 3. The summed E-state index contributed by atoms with van der Waals surface area (Å²) >= 11 is 0. The summed E-state index contributed by atoms with van der Waals surface area (Å²) in [6.07, 6.45) is 7.00. The van der Waals surface area contributed by atoms with Crippen LogP contribution >= 0.6 is 0 Å². The number of amides is 2. The number of aromatic nitrogens is 3. The van der Waals surface area contributed by atoms with Gasteiger partial charge in [-0.1, -0.05) is 6.92 Å². The van der Waals surface area contributed by atoms with E-state index in [1.807, 2.05) is 24.1 Å². The summed E-state index contributed by atoms with van der Waals surface area (Å²) in [5.41, 5.74) is 1.74. The number of H-pyrrole nitrogens is 1. The lowest BCUT2D eigenvalue weighted by Crippen LogP contribution is -2.51. The van der Waals surface area contributed by atoms with E-state index in [9.17, 15) is 4.79 Å². The molecule has 0 saturated carbocycles. The van der Waals surface area contributed by atoms with Gasteiger partial charge in [0.2, 0.25) is 0 Å². The lowest BCUT2D eigenvalue weighted by Gasteiger charge is -2.39. The number of likely N-dealkylation sites (N-methyl/N-ethyl adjacent to an activating group) is 1. The Bertz CT molecular complexity index is 656. The average Bonchev–Trinajstić information content (AvgIpc) is 3.08. The van der Waals surface area contributed by atoms with E-state index < -0.39 is 0 Å². The van der Waals surface area contributed by atoms with Gasteiger partial charge in [-0.15, -0.1) is 0 Å². The number of piperazine rings is 1. The molecule has 23 heavy (non-hydrogen) atoms. The van der Waals surface area contributed by atoms with Gasteiger partial charge < -0.3 is 15.2 Å². The first-order chi connectivity index (χ1) is 11.2. The Balaban J connectivity index is 1.69. The average molecular weight is 314 g/mol. The minimum absolute atomic E-state index is 0.0929. The summed E-state index contributed by atoms with van der Waals surface area (Å²) in [4.78, 5) is 28.3. The Labute approximate surface area is 135 Å². The van der Waals surface area contributed by atoms with Crippen LogP contribution in [0.4, 0.5) is 10.5 Å². The molecule has 1 aliphatic rings. The molecule has 0 aromatic carbocycles. The van der Waals surface area contributed by atoms with Crippen LogP contribution < -0.4 is 5.32 Å². The van der Waals surface area contributed by atoms with Crippen LogP contribution in [-0.2, 0) is 0 Å². The molecule has 0 aliphatic carbocycles. The summed E-state index contributed by atoms with van der Waals surface area (Å²) in [6, 6.07) is 1.92. The smallest absolute Gasteiger partial charge is 0.321 e. The van der Waals surface area contributed by atoms with E-state index in [1.165, 1.54) is 0 Å². The van der Waals surface area contributed by atoms with E-state index in [4.69, 9.17) is 0 Å². The number of aromatic amines is 1. The van der Waals surface area contributed by atoms with Gasteiger partial charge in [0, 0.05) is 38.2 Å². The molecule has 7 nitrogen and oxygen atoms in total. The number of nitrogens with one attached hydrogen (secondary N) is 2. The maximum Gasteiger partial charge on any atom is 0.321 e. The molecule has 1 atom stereocenters. The zero-order valence-electron chi connectivity index (χ0n) is 13.5. The molecule has 2 aromatic heterocycles. The molecule has 0 unspecified atom stereocenters. The van der Waals surface area contributed by atoms with Gasteiger partial charge in [-0.25, -0.2) is 9.78 Å². The minimum Gasteiger partial charge on any atom is -0.347 e. The second-order valence-electron chi connectivity index (χ2n) is 5.75. The third kappa shape index (κ3) is 3.50. The van der Waals surface area contributed by atoms with Crippen molar-refractivity contribution >= 4 is 11.7 Å². The van der Waals surface area contributed by atoms with E-state index in [0.717, 1.165) is 30.2 Å². The van der Waals surface area contributed by atoms with Gasteiger partial charge in [-0.3, -0.25) is 9.88 Å². The van der Waals surface area contributed by atoms with Gasteiger partial charge >= 0.3 is 6.03 Å². The van der Waals surface area contributed by atoms with Crippen molar-refractivity contribution in [2.75, 3.05) is 31.5 Å². The minimum atomic E-state index is -0.0929. The van der Waals surface area contributed by atoms with Crippen LogP contribution in [0.5, 0.6) is 0 Å². The molecule has 2 aromatic rings. The van der Waals surface area contributed by atoms with Crippen LogP contribution in [0.2, 0.25) is 0 Å². The van der Waals surface area contributed by atoms with Crippen molar-refractivity contribution in [3.05, 3.63) is 42.2 Å². The van der Waals surface area contributed by atoms with Gasteiger partial charge in [-0.05, 0) is 25.1 Å². The van der Waals surface area contributed by atoms with Crippen LogP contribution in [0.1, 0.15) is 24.4 Å². The Kier molecular flexibility index (Phi) is 4.57. The maximum atomic E-state index is 12.5. The van der Waals surface area contributed by atoms with Crippen LogP contribution in [0, 0.1) is 6.92 Å². The Morgan fingerprint density at radius 3 is 3.00 bits per heavy atom. The lowest BCUT2D eigenvalue weighted by molar-refractivity contribution is 0.0946. The Hall–Kier alpha value is -2.41. The second kappa shape index (κ2) is 6.78. The Morgan fingerprint density at radius 2 is 2.30 bits per heavy atom. The van der Waals surface area contributed by atoms with E-state index in [-0.39, 0.29) is 12.1 Å². The number of aryl methyl sites for hydroxylation is 1. The fourth-order valence-corrected chi connectivity index (χ4v) is 2.93. The summed E-state index contributed by atoms with van der Waals surface area (Å²) < 4.78 is 0. The molecule has 0 spiro atoms. The number of pyridine rings is 1. The number of hydrogen-bond acceptors (Lipinski definition) is 4. The molecule has 2 N–H and O–H groups in total. The molecule has 3 heterocycles. The van der Waals surface area contributed by atoms with Crippen molar-refractivity contribution in [3.63, 3.8) is 0 Å². The van der Waals surface area contributed by atoms with Crippen molar-refractivity contribution in [1.82, 2.24) is 24.8 Å². The van der Waals surface area contributed by atoms with Gasteiger partial charge in [0.25, 0.3) is 0 Å². The van der Waals surface area contributed by atoms with Crippen LogP contribution in [0.3, 0.4) is 0 Å². The van der Waals surface area contributed by atoms with Crippen LogP contribution in [-0.4, -0.2) is 57.0 Å². The molecule has 0 radical (unpaired) electrons. The summed E-state index contributed by atoms with van der Waals surface area (Å²) in [7, 11) is 0. The highest BCUT2D eigenvalue weighted by Crippen LogP contribution is 2.23. The standard InChI is InChI=1S/C16H22N6O/c1-3-21-6-7-22(11-14(21)15-18-4-5-19-15)16(23)20-13-8-12(2)9-17-10-13/h4-5,8-10,14H,3,6-7,11H2,1-2H3,(H,18,19)(H,20,23)/t14-/m0/s1. The van der Waals surface area contributed by atoms with Gasteiger partial charge in [0.1, 0.15) is 5.82 Å². The largest absolute Gasteiger partial charge is 0.347 e. The second-order valence-corrected chi connectivity index (χ2v) is 5.75. The predicted octanol–water partition coefficient (Wildman–Crippen LogP) is 2.02. The van der Waals surface area contributed by atoms with Crippen LogP contribution in [0.25, 0.3) is 0 Å². The molecule has 3 rings (SSSR count). The van der Waals surface area contributed by atoms with E-state index >= 15 is 0 Å². The zero-order chi connectivity index (χ0) is 16.2. The zero-order valence-corrected chi connectivity index (χ0v) is 13.5. The molecule has 7 heteroatoms. The lowest BCUT2D eigenvalue weighted by atomic mass is 10.1. The molecule has 1 fully saturated rings. The highest BCUT2D eigenvalue weighted by molar-refractivity contribution is 5.89. The first-order valence-electron chi connectivity index (χ1n) is 7.88. The number of hydrogen-bond donors (Lipinski definition) is 2. The highest BCUT2D eigenvalue weighted by atomic mass is 16.2. The van der Waals surface area contributed by atoms with Gasteiger partial charge in [-0.2, -0.15) is 0 Å². The third-order valence-electron chi connectivity index (χ3n) is 4.15. The van der Waals surface area contributed by atoms with E-state index in [0.29, 0.717) is 13.1 Å². The quantitative estimate of drug-likeness (QED) is 0.908. The fraction of sp³-hybridized carbons (Fsp3) is 0.438. The Morgan fingerprint density at radius 1 is 1.43 bits per heavy atom. The molecule has 0 bridgehead atoms. The number of carbonyl (C=O) groups excluding carboxylic acids is 1. The van der Waals surface area contributed by atoms with E-state index in [1.54, 1.807) is 18.6 Å². The van der Waals surface area contributed by atoms with Crippen molar-refractivity contribution in [2.24, 2.45) is 0 Å². The van der Waals surface area contributed by atoms with Gasteiger partial charge in [0.05, 0.1) is 17.9 Å². The first-order valence-corrected chi connectivity index (χ1v) is 7.88. The summed E-state index contributed by atoms with van der Waals surface area (Å²) in [5.74, 6) is 0.904. The fourth-order valence-electron chi connectivity index (χ4n) is 2.93. The van der Waals surface area contributed by atoms with E-state index in [2.05, 4.69) is 32.1 Å². The third-order valence-corrected chi connectivity index (χ3v) is 4.15. The number of anilines is 1. The summed E-state index contributed by atoms with van der Waals surface area (Å²) in [5, 5.41) is 2.93. The number of imidazole rings is 1. The van der Waals surface area contributed by atoms with Crippen molar-refractivity contribution in [1.29, 1.82) is 0 Å². The SMILES string of the molecule is CCN1CCN(C(=O)Nc2cncc(C)c2)C[C@H]1c1ncc[nH]1. The number of urea groups is 1. The van der Waals surface area contributed by atoms with Crippen molar-refractivity contribution in [3.8, 4) is 0 Å². The molecule has 2 amide bonds. The molecule has 122 valence electrons. The van der Waals surface area contributed by atoms with Crippen LogP contribution in [0.15, 0.2) is 30.9 Å². The van der Waals surface area contributed by atoms with Gasteiger partial charge in [0.15, 0.2) is 0 Å². The molecular formula is C16H22N6O. The normalized spacial score (nSPS) is 18.9. The molecule has 1 saturated heterocycles. The number of carbonyl (C=O) groups is 1. The molecular weight excluding hydrogens is 292 g/mol. The predicted molar refractivity (Wildman–Crippen MR) is 88.1 cm³/mol. The maximum absolute atomic E-state index is 12.5. The topological polar surface area (TPSA) is 77.2 Å². The number of nitrogens with zero attached hydrogens (tertiary/aromatic N) is 4. The van der Waals surface area contributed by atoms with Crippen molar-refractivity contribution < 1.29 is 4.79 Å². The molecule has 1 aliphatic heterocycles. The monoisotopic (exact) mass is 314 g/mol. The summed E-state index contributed by atoms with van der Waals surface area (Å²) in [6.45, 7) is 7.17. The first kappa shape index (κ1) is 15.5. The van der Waals surface area contributed by atoms with Crippen molar-refractivity contribution in [2.45, 2.75) is 19.9 Å². The highest BCUT2D eigenvalue weighted by Gasteiger charge is 2.31.